The van der Waals surface area contributed by atoms with Gasteiger partial charge >= 0.3 is 12.0 Å². The Morgan fingerprint density at radius 1 is 0.905 bits per heavy atom. The number of anilines is 2. The Morgan fingerprint density at radius 2 is 1.62 bits per heavy atom. The molecule has 9 heteroatoms. The van der Waals surface area contributed by atoms with Gasteiger partial charge in [0, 0.05) is 23.7 Å². The van der Waals surface area contributed by atoms with E-state index in [2.05, 4.69) is 31.4 Å². The Hall–Kier alpha value is -4.92. The highest BCUT2D eigenvalue weighted by atomic mass is 16.5. The summed E-state index contributed by atoms with van der Waals surface area (Å²) in [5.74, 6) is -0.282. The molecule has 42 heavy (non-hydrogen) atoms. The van der Waals surface area contributed by atoms with Gasteiger partial charge in [0.2, 0.25) is 5.91 Å². The summed E-state index contributed by atoms with van der Waals surface area (Å²) in [6, 6.07) is 25.2. The van der Waals surface area contributed by atoms with Gasteiger partial charge in [0.05, 0.1) is 23.6 Å². The van der Waals surface area contributed by atoms with Crippen LogP contribution < -0.4 is 10.6 Å². The number of amides is 3. The van der Waals surface area contributed by atoms with Crippen molar-refractivity contribution in [3.05, 3.63) is 107 Å². The molecule has 1 aromatic heterocycles. The molecule has 218 valence electrons. The molecule has 0 spiro atoms. The van der Waals surface area contributed by atoms with Gasteiger partial charge in [-0.3, -0.25) is 4.79 Å². The topological polar surface area (TPSA) is 106 Å². The van der Waals surface area contributed by atoms with Gasteiger partial charge in [-0.15, -0.1) is 0 Å². The Balaban J connectivity index is 1.55. The van der Waals surface area contributed by atoms with Crippen molar-refractivity contribution in [2.45, 2.75) is 46.6 Å². The number of aromatic nitrogens is 2. The van der Waals surface area contributed by atoms with E-state index in [1.165, 1.54) is 4.90 Å². The summed E-state index contributed by atoms with van der Waals surface area (Å²) in [4.78, 5) is 40.3. The summed E-state index contributed by atoms with van der Waals surface area (Å²) in [7, 11) is 0. The summed E-state index contributed by atoms with van der Waals surface area (Å²) in [5.41, 5.74) is 4.22. The zero-order valence-corrected chi connectivity index (χ0v) is 24.7. The van der Waals surface area contributed by atoms with Crippen molar-refractivity contribution >= 4 is 29.4 Å². The zero-order chi connectivity index (χ0) is 30.3. The van der Waals surface area contributed by atoms with E-state index in [4.69, 9.17) is 9.84 Å². The molecule has 0 saturated carbocycles. The number of hydrogen-bond acceptors (Lipinski definition) is 5. The van der Waals surface area contributed by atoms with Gasteiger partial charge in [0.15, 0.2) is 0 Å². The van der Waals surface area contributed by atoms with Gasteiger partial charge < -0.3 is 20.3 Å². The number of urea groups is 1. The molecule has 2 N–H and O–H groups in total. The van der Waals surface area contributed by atoms with E-state index in [0.717, 1.165) is 22.5 Å². The van der Waals surface area contributed by atoms with Crippen LogP contribution in [0.4, 0.5) is 16.3 Å². The number of rotatable bonds is 9. The summed E-state index contributed by atoms with van der Waals surface area (Å²) in [5, 5.41) is 10.6. The lowest BCUT2D eigenvalue weighted by molar-refractivity contribution is -0.116. The van der Waals surface area contributed by atoms with Gasteiger partial charge in [0.25, 0.3) is 0 Å². The number of benzene rings is 3. The molecule has 0 fully saturated rings. The lowest BCUT2D eigenvalue weighted by atomic mass is 9.92. The van der Waals surface area contributed by atoms with E-state index in [9.17, 15) is 14.4 Å². The highest BCUT2D eigenvalue weighted by Crippen LogP contribution is 2.26. The normalized spacial score (nSPS) is 11.1. The van der Waals surface area contributed by atoms with E-state index in [-0.39, 0.29) is 31.0 Å². The van der Waals surface area contributed by atoms with Crippen LogP contribution in [0.5, 0.6) is 0 Å². The van der Waals surface area contributed by atoms with Crippen LogP contribution in [0.2, 0.25) is 0 Å². The number of esters is 1. The summed E-state index contributed by atoms with van der Waals surface area (Å²) in [6.07, 6.45) is 0. The van der Waals surface area contributed by atoms with Gasteiger partial charge in [-0.1, -0.05) is 63.2 Å². The van der Waals surface area contributed by atoms with E-state index in [0.29, 0.717) is 17.1 Å². The number of carbonyl (C=O) groups is 3. The molecule has 4 aromatic rings. The fourth-order valence-electron chi connectivity index (χ4n) is 4.26. The van der Waals surface area contributed by atoms with Crippen LogP contribution in [-0.4, -0.2) is 45.7 Å². The average molecular weight is 568 g/mol. The zero-order valence-electron chi connectivity index (χ0n) is 24.7. The van der Waals surface area contributed by atoms with Crippen LogP contribution in [0, 0.1) is 6.92 Å². The fourth-order valence-corrected chi connectivity index (χ4v) is 4.26. The van der Waals surface area contributed by atoms with E-state index >= 15 is 0 Å². The molecule has 0 atom stereocenters. The van der Waals surface area contributed by atoms with Gasteiger partial charge in [-0.2, -0.15) is 5.10 Å². The standard InChI is InChI=1S/C33H37N5O4/c1-6-42-31(40)25-15-17-26(18-16-25)34-32(41)37(21-24-12-8-7-9-13-24)22-30(39)35-29-20-28(33(3,4)5)36-38(29)27-14-10-11-23(2)19-27/h7-20H,6,21-22H2,1-5H3,(H,34,41)(H,35,39). The summed E-state index contributed by atoms with van der Waals surface area (Å²) >= 11 is 0. The molecular formula is C33H37N5O4. The number of hydrogen-bond donors (Lipinski definition) is 2. The maximum absolute atomic E-state index is 13.4. The Labute approximate surface area is 246 Å². The Bertz CT molecular complexity index is 1540. The first-order chi connectivity index (χ1) is 20.0. The third kappa shape index (κ3) is 7.84. The van der Waals surface area contributed by atoms with Crippen molar-refractivity contribution in [1.82, 2.24) is 14.7 Å². The number of nitrogens with one attached hydrogen (secondary N) is 2. The molecule has 0 aliphatic rings. The minimum absolute atomic E-state index is 0.203. The van der Waals surface area contributed by atoms with Crippen LogP contribution >= 0.6 is 0 Å². The maximum Gasteiger partial charge on any atom is 0.338 e. The maximum atomic E-state index is 13.4. The minimum atomic E-state index is -0.458. The molecular weight excluding hydrogens is 530 g/mol. The number of ether oxygens (including phenoxy) is 1. The number of nitrogens with zero attached hydrogens (tertiary/aromatic N) is 3. The van der Waals surface area contributed by atoms with Crippen molar-refractivity contribution in [2.24, 2.45) is 0 Å². The lowest BCUT2D eigenvalue weighted by Gasteiger charge is -2.23. The van der Waals surface area contributed by atoms with Crippen molar-refractivity contribution < 1.29 is 19.1 Å². The quantitative estimate of drug-likeness (QED) is 0.230. The Kier molecular flexibility index (Phi) is 9.42. The largest absolute Gasteiger partial charge is 0.462 e. The van der Waals surface area contributed by atoms with Crippen molar-refractivity contribution in [3.63, 3.8) is 0 Å². The monoisotopic (exact) mass is 567 g/mol. The fraction of sp³-hybridized carbons (Fsp3) is 0.273. The van der Waals surface area contributed by atoms with E-state index in [1.807, 2.05) is 67.6 Å². The smallest absolute Gasteiger partial charge is 0.338 e. The first-order valence-electron chi connectivity index (χ1n) is 13.9. The van der Waals surface area contributed by atoms with Crippen LogP contribution in [0.1, 0.15) is 54.9 Å². The van der Waals surface area contributed by atoms with Gasteiger partial charge in [-0.05, 0) is 61.4 Å². The highest BCUT2D eigenvalue weighted by molar-refractivity contribution is 5.97. The molecule has 3 aromatic carbocycles. The molecule has 0 aliphatic heterocycles. The molecule has 0 unspecified atom stereocenters. The molecule has 9 nitrogen and oxygen atoms in total. The summed E-state index contributed by atoms with van der Waals surface area (Å²) < 4.78 is 6.74. The molecule has 1 heterocycles. The summed E-state index contributed by atoms with van der Waals surface area (Å²) in [6.45, 7) is 10.2. The predicted octanol–water partition coefficient (Wildman–Crippen LogP) is 6.33. The van der Waals surface area contributed by atoms with Crippen molar-refractivity contribution in [1.29, 1.82) is 0 Å². The molecule has 0 saturated heterocycles. The third-order valence-electron chi connectivity index (χ3n) is 6.48. The van der Waals surface area contributed by atoms with Crippen molar-refractivity contribution in [2.75, 3.05) is 23.8 Å². The van der Waals surface area contributed by atoms with Gasteiger partial charge in [-0.25, -0.2) is 14.3 Å². The van der Waals surface area contributed by atoms with Crippen LogP contribution in [0.15, 0.2) is 84.9 Å². The van der Waals surface area contributed by atoms with E-state index in [1.54, 1.807) is 35.9 Å². The second-order valence-electron chi connectivity index (χ2n) is 11.0. The van der Waals surface area contributed by atoms with Crippen molar-refractivity contribution in [3.8, 4) is 5.69 Å². The lowest BCUT2D eigenvalue weighted by Crippen LogP contribution is -2.40. The molecule has 0 aliphatic carbocycles. The SMILES string of the molecule is CCOC(=O)c1ccc(NC(=O)N(CC(=O)Nc2cc(C(C)(C)C)nn2-c2cccc(C)c2)Cc2ccccc2)cc1. The second-order valence-corrected chi connectivity index (χ2v) is 11.0. The third-order valence-corrected chi connectivity index (χ3v) is 6.48. The number of aryl methyl sites for hydroxylation is 1. The first kappa shape index (κ1) is 30.0. The molecule has 3 amide bonds. The predicted molar refractivity (Wildman–Crippen MR) is 164 cm³/mol. The second kappa shape index (κ2) is 13.2. The average Bonchev–Trinajstić information content (AvgIpc) is 3.38. The molecule has 4 rings (SSSR count). The highest BCUT2D eigenvalue weighted by Gasteiger charge is 2.23. The molecule has 0 bridgehead atoms. The molecule has 0 radical (unpaired) electrons. The number of carbonyl (C=O) groups excluding carboxylic acids is 3. The van der Waals surface area contributed by atoms with Crippen LogP contribution in [0.25, 0.3) is 5.69 Å². The Morgan fingerprint density at radius 3 is 2.26 bits per heavy atom. The van der Waals surface area contributed by atoms with Crippen LogP contribution in [0.3, 0.4) is 0 Å². The van der Waals surface area contributed by atoms with Crippen LogP contribution in [-0.2, 0) is 21.5 Å². The minimum Gasteiger partial charge on any atom is -0.462 e. The van der Waals surface area contributed by atoms with Gasteiger partial charge in [0.1, 0.15) is 12.4 Å². The van der Waals surface area contributed by atoms with E-state index < -0.39 is 12.0 Å². The first-order valence-corrected chi connectivity index (χ1v) is 13.9.